The normalized spacial score (nSPS) is 19.8. The van der Waals surface area contributed by atoms with Gasteiger partial charge in [0.15, 0.2) is 0 Å². The van der Waals surface area contributed by atoms with Gasteiger partial charge in [0.2, 0.25) is 0 Å². The maximum absolute atomic E-state index is 12.4. The van der Waals surface area contributed by atoms with E-state index in [0.717, 1.165) is 44.4 Å². The average Bonchev–Trinajstić information content (AvgIpc) is 2.98. The Morgan fingerprint density at radius 2 is 1.69 bits per heavy atom. The quantitative estimate of drug-likeness (QED) is 0.821. The fourth-order valence-electron chi connectivity index (χ4n) is 4.13. The van der Waals surface area contributed by atoms with Crippen LogP contribution < -0.4 is 10.1 Å². The first kappa shape index (κ1) is 19.0. The predicted octanol–water partition coefficient (Wildman–Crippen LogP) is 3.29. The molecular formula is C21H33N3O2. The highest BCUT2D eigenvalue weighted by atomic mass is 16.5. The van der Waals surface area contributed by atoms with Gasteiger partial charge in [-0.05, 0) is 37.0 Å². The smallest absolute Gasteiger partial charge is 0.317 e. The molecule has 5 nitrogen and oxygen atoms in total. The molecule has 0 aromatic heterocycles. The van der Waals surface area contributed by atoms with Crippen LogP contribution in [0.5, 0.6) is 5.75 Å². The number of hydrogen-bond donors (Lipinski definition) is 1. The monoisotopic (exact) mass is 359 g/mol. The molecule has 1 heterocycles. The summed E-state index contributed by atoms with van der Waals surface area (Å²) in [6, 6.07) is 8.86. The van der Waals surface area contributed by atoms with Gasteiger partial charge in [-0.15, -0.1) is 0 Å². The fraction of sp³-hybridized carbons (Fsp3) is 0.667. The maximum Gasteiger partial charge on any atom is 0.317 e. The Kier molecular flexibility index (Phi) is 7.18. The van der Waals surface area contributed by atoms with Crippen molar-refractivity contribution in [3.63, 3.8) is 0 Å². The number of carbonyl (C=O) groups excluding carboxylic acids is 1. The van der Waals surface area contributed by atoms with Gasteiger partial charge in [0.1, 0.15) is 5.75 Å². The van der Waals surface area contributed by atoms with E-state index < -0.39 is 0 Å². The van der Waals surface area contributed by atoms with Gasteiger partial charge in [0.05, 0.1) is 7.11 Å². The zero-order valence-electron chi connectivity index (χ0n) is 16.1. The van der Waals surface area contributed by atoms with Crippen molar-refractivity contribution in [2.45, 2.75) is 51.0 Å². The molecule has 1 N–H and O–H groups in total. The third kappa shape index (κ3) is 5.37. The summed E-state index contributed by atoms with van der Waals surface area (Å²) in [5.74, 6) is 0.865. The van der Waals surface area contributed by atoms with Gasteiger partial charge in [-0.1, -0.05) is 37.8 Å². The molecule has 1 saturated heterocycles. The molecule has 0 atom stereocenters. The number of rotatable bonds is 5. The van der Waals surface area contributed by atoms with E-state index in [-0.39, 0.29) is 6.03 Å². The minimum Gasteiger partial charge on any atom is -0.497 e. The van der Waals surface area contributed by atoms with Crippen molar-refractivity contribution in [2.24, 2.45) is 0 Å². The lowest BCUT2D eigenvalue weighted by molar-refractivity contribution is 0.101. The third-order valence-corrected chi connectivity index (χ3v) is 5.79. The van der Waals surface area contributed by atoms with E-state index in [1.54, 1.807) is 7.11 Å². The summed E-state index contributed by atoms with van der Waals surface area (Å²) in [6.07, 6.45) is 9.06. The van der Waals surface area contributed by atoms with E-state index in [1.807, 2.05) is 17.0 Å². The van der Waals surface area contributed by atoms with Crippen molar-refractivity contribution in [1.82, 2.24) is 15.1 Å². The molecule has 1 aliphatic carbocycles. The number of piperazine rings is 1. The number of amides is 2. The summed E-state index contributed by atoms with van der Waals surface area (Å²) in [5, 5.41) is 3.07. The molecule has 1 aromatic rings. The molecule has 3 rings (SSSR count). The van der Waals surface area contributed by atoms with E-state index in [4.69, 9.17) is 4.74 Å². The molecule has 2 aliphatic rings. The molecule has 2 amide bonds. The first-order valence-corrected chi connectivity index (χ1v) is 10.2. The highest BCUT2D eigenvalue weighted by molar-refractivity contribution is 5.74. The molecule has 0 spiro atoms. The Morgan fingerprint density at radius 3 is 2.31 bits per heavy atom. The topological polar surface area (TPSA) is 44.8 Å². The second kappa shape index (κ2) is 9.81. The lowest BCUT2D eigenvalue weighted by Gasteiger charge is -2.39. The largest absolute Gasteiger partial charge is 0.497 e. The van der Waals surface area contributed by atoms with Crippen LogP contribution in [0.25, 0.3) is 0 Å². The minimum absolute atomic E-state index is 0.0824. The van der Waals surface area contributed by atoms with Crippen LogP contribution in [0.1, 0.15) is 44.1 Å². The Morgan fingerprint density at radius 1 is 1.04 bits per heavy atom. The highest BCUT2D eigenvalue weighted by Gasteiger charge is 2.26. The Bertz CT molecular complexity index is 545. The van der Waals surface area contributed by atoms with Crippen LogP contribution in [0, 0.1) is 0 Å². The second-order valence-corrected chi connectivity index (χ2v) is 7.50. The standard InChI is InChI=1S/C21H33N3O2/c1-26-20-10-8-18(9-11-20)12-13-22-21(25)24-16-14-23(15-17-24)19-6-4-2-3-5-7-19/h8-11,19H,2-7,12-17H2,1H3,(H,22,25). The Balaban J connectivity index is 1.36. The molecule has 5 heteroatoms. The number of carbonyl (C=O) groups is 1. The average molecular weight is 360 g/mol. The third-order valence-electron chi connectivity index (χ3n) is 5.79. The maximum atomic E-state index is 12.4. The summed E-state index contributed by atoms with van der Waals surface area (Å²) in [6.45, 7) is 4.43. The number of methoxy groups -OCH3 is 1. The van der Waals surface area contributed by atoms with Crippen LogP contribution in [-0.2, 0) is 6.42 Å². The SMILES string of the molecule is COc1ccc(CCNC(=O)N2CCN(C3CCCCCC3)CC2)cc1. The van der Waals surface area contributed by atoms with E-state index in [0.29, 0.717) is 6.54 Å². The van der Waals surface area contributed by atoms with E-state index in [9.17, 15) is 4.79 Å². The van der Waals surface area contributed by atoms with Crippen molar-refractivity contribution in [3.8, 4) is 5.75 Å². The van der Waals surface area contributed by atoms with Crippen molar-refractivity contribution in [2.75, 3.05) is 39.8 Å². The summed E-state index contributed by atoms with van der Waals surface area (Å²) < 4.78 is 5.17. The lowest BCUT2D eigenvalue weighted by Crippen LogP contribution is -2.54. The van der Waals surface area contributed by atoms with Crippen molar-refractivity contribution in [1.29, 1.82) is 0 Å². The molecule has 26 heavy (non-hydrogen) atoms. The van der Waals surface area contributed by atoms with E-state index >= 15 is 0 Å². The second-order valence-electron chi connectivity index (χ2n) is 7.50. The Labute approximate surface area is 157 Å². The van der Waals surface area contributed by atoms with Crippen LogP contribution >= 0.6 is 0 Å². The number of nitrogens with one attached hydrogen (secondary N) is 1. The van der Waals surface area contributed by atoms with Gasteiger partial charge in [-0.25, -0.2) is 4.79 Å². The zero-order valence-corrected chi connectivity index (χ0v) is 16.1. The zero-order chi connectivity index (χ0) is 18.2. The molecule has 2 fully saturated rings. The van der Waals surface area contributed by atoms with Crippen molar-refractivity contribution < 1.29 is 9.53 Å². The molecule has 144 valence electrons. The van der Waals surface area contributed by atoms with Crippen LogP contribution in [0.4, 0.5) is 4.79 Å². The number of urea groups is 1. The first-order chi connectivity index (χ1) is 12.8. The molecule has 0 bridgehead atoms. The van der Waals surface area contributed by atoms with Crippen molar-refractivity contribution >= 4 is 6.03 Å². The fourth-order valence-corrected chi connectivity index (χ4v) is 4.13. The van der Waals surface area contributed by atoms with Gasteiger partial charge in [0.25, 0.3) is 0 Å². The summed E-state index contributed by atoms with van der Waals surface area (Å²) in [5.41, 5.74) is 1.21. The Hall–Kier alpha value is -1.75. The van der Waals surface area contributed by atoms with Gasteiger partial charge in [0, 0.05) is 38.8 Å². The van der Waals surface area contributed by atoms with Gasteiger partial charge in [-0.2, -0.15) is 0 Å². The van der Waals surface area contributed by atoms with E-state index in [2.05, 4.69) is 22.3 Å². The van der Waals surface area contributed by atoms with E-state index in [1.165, 1.54) is 44.1 Å². The summed E-state index contributed by atoms with van der Waals surface area (Å²) >= 11 is 0. The van der Waals surface area contributed by atoms with Crippen LogP contribution in [0.3, 0.4) is 0 Å². The first-order valence-electron chi connectivity index (χ1n) is 10.2. The van der Waals surface area contributed by atoms with Crippen LogP contribution in [-0.4, -0.2) is 61.7 Å². The molecule has 1 aromatic carbocycles. The summed E-state index contributed by atoms with van der Waals surface area (Å²) in [7, 11) is 1.67. The van der Waals surface area contributed by atoms with Gasteiger partial charge < -0.3 is 15.0 Å². The number of hydrogen-bond acceptors (Lipinski definition) is 3. The molecule has 1 aliphatic heterocycles. The summed E-state index contributed by atoms with van der Waals surface area (Å²) in [4.78, 5) is 17.0. The minimum atomic E-state index is 0.0824. The number of ether oxygens (including phenoxy) is 1. The van der Waals surface area contributed by atoms with Crippen LogP contribution in [0.2, 0.25) is 0 Å². The predicted molar refractivity (Wildman–Crippen MR) is 105 cm³/mol. The van der Waals surface area contributed by atoms with Crippen molar-refractivity contribution in [3.05, 3.63) is 29.8 Å². The molecular weight excluding hydrogens is 326 g/mol. The lowest BCUT2D eigenvalue weighted by atomic mass is 10.1. The highest BCUT2D eigenvalue weighted by Crippen LogP contribution is 2.22. The van der Waals surface area contributed by atoms with Gasteiger partial charge in [-0.3, -0.25) is 4.90 Å². The molecule has 1 saturated carbocycles. The number of nitrogens with zero attached hydrogens (tertiary/aromatic N) is 2. The molecule has 0 unspecified atom stereocenters. The molecule has 0 radical (unpaired) electrons. The van der Waals surface area contributed by atoms with Gasteiger partial charge >= 0.3 is 6.03 Å². The number of benzene rings is 1. The van der Waals surface area contributed by atoms with Crippen LogP contribution in [0.15, 0.2) is 24.3 Å².